The predicted molar refractivity (Wildman–Crippen MR) is 75.1 cm³/mol. The number of pyridine rings is 1. The molecular weight excluding hydrogens is 264 g/mol. The summed E-state index contributed by atoms with van der Waals surface area (Å²) in [6.07, 6.45) is 3.37. The summed E-state index contributed by atoms with van der Waals surface area (Å²) in [7, 11) is 1.78. The number of hydrogen-bond acceptors (Lipinski definition) is 3. The zero-order valence-corrected chi connectivity index (χ0v) is 12.1. The van der Waals surface area contributed by atoms with E-state index in [4.69, 9.17) is 11.6 Å². The molecule has 0 aliphatic rings. The third kappa shape index (κ3) is 2.71. The molecule has 19 heavy (non-hydrogen) atoms. The fourth-order valence-corrected chi connectivity index (χ4v) is 2.07. The number of rotatable bonds is 4. The molecule has 1 amide bonds. The number of carbonyl (C=O) groups is 1. The van der Waals surface area contributed by atoms with Gasteiger partial charge in [0, 0.05) is 19.8 Å². The Kier molecular flexibility index (Phi) is 4.04. The molecule has 2 aromatic heterocycles. The quantitative estimate of drug-likeness (QED) is 0.807. The second-order valence-corrected chi connectivity index (χ2v) is 5.10. The Hall–Kier alpha value is -1.62. The van der Waals surface area contributed by atoms with Crippen LogP contribution in [0.1, 0.15) is 25.0 Å². The van der Waals surface area contributed by atoms with Crippen molar-refractivity contribution in [3.8, 4) is 0 Å². The third-order valence-corrected chi connectivity index (χ3v) is 3.32. The highest BCUT2D eigenvalue weighted by molar-refractivity contribution is 6.20. The van der Waals surface area contributed by atoms with Crippen LogP contribution in [0.2, 0.25) is 0 Å². The van der Waals surface area contributed by atoms with Gasteiger partial charge in [-0.05, 0) is 19.9 Å². The number of alkyl halides is 1. The number of likely N-dealkylation sites (N-methyl/N-ethyl adjacent to an activating group) is 1. The Bertz CT molecular complexity index is 593. The van der Waals surface area contributed by atoms with E-state index in [-0.39, 0.29) is 17.8 Å². The van der Waals surface area contributed by atoms with Crippen molar-refractivity contribution in [2.45, 2.75) is 25.8 Å². The third-order valence-electron chi connectivity index (χ3n) is 3.13. The van der Waals surface area contributed by atoms with Gasteiger partial charge in [-0.15, -0.1) is 11.6 Å². The largest absolute Gasteiger partial charge is 0.344 e. The van der Waals surface area contributed by atoms with E-state index in [1.165, 1.54) is 0 Å². The Morgan fingerprint density at radius 2 is 2.32 bits per heavy atom. The molecule has 6 heteroatoms. The molecule has 0 aliphatic heterocycles. The standard InChI is InChI=1S/C13H17ClN4O/c1-4-17(3)12(19)8-18-11-5-6-15-7-10(11)16-13(18)9(2)14/h5-7,9H,4,8H2,1-3H3. The van der Waals surface area contributed by atoms with Crippen molar-refractivity contribution in [2.75, 3.05) is 13.6 Å². The molecule has 0 saturated carbocycles. The number of fused-ring (bicyclic) bond motifs is 1. The average molecular weight is 281 g/mol. The Morgan fingerprint density at radius 3 is 2.95 bits per heavy atom. The Balaban J connectivity index is 2.45. The molecule has 0 aromatic carbocycles. The van der Waals surface area contributed by atoms with Gasteiger partial charge in [-0.3, -0.25) is 9.78 Å². The zero-order valence-electron chi connectivity index (χ0n) is 11.3. The van der Waals surface area contributed by atoms with Crippen LogP contribution >= 0.6 is 11.6 Å². The normalized spacial score (nSPS) is 12.6. The highest BCUT2D eigenvalue weighted by atomic mass is 35.5. The lowest BCUT2D eigenvalue weighted by molar-refractivity contribution is -0.130. The lowest BCUT2D eigenvalue weighted by atomic mass is 10.4. The molecule has 0 bridgehead atoms. The van der Waals surface area contributed by atoms with E-state index in [9.17, 15) is 4.79 Å². The van der Waals surface area contributed by atoms with Crippen LogP contribution in [0.5, 0.6) is 0 Å². The number of carbonyl (C=O) groups excluding carboxylic acids is 1. The molecule has 1 atom stereocenters. The Morgan fingerprint density at radius 1 is 1.58 bits per heavy atom. The van der Waals surface area contributed by atoms with Crippen molar-refractivity contribution in [1.82, 2.24) is 19.4 Å². The van der Waals surface area contributed by atoms with Crippen molar-refractivity contribution in [1.29, 1.82) is 0 Å². The second kappa shape index (κ2) is 5.57. The topological polar surface area (TPSA) is 51.0 Å². The molecule has 2 heterocycles. The van der Waals surface area contributed by atoms with Gasteiger partial charge in [0.25, 0.3) is 0 Å². The minimum atomic E-state index is -0.257. The summed E-state index contributed by atoms with van der Waals surface area (Å²) in [4.78, 5) is 22.2. The first-order chi connectivity index (χ1) is 9.04. The monoisotopic (exact) mass is 280 g/mol. The van der Waals surface area contributed by atoms with Gasteiger partial charge < -0.3 is 9.47 Å². The van der Waals surface area contributed by atoms with Crippen molar-refractivity contribution in [2.24, 2.45) is 0 Å². The molecule has 0 saturated heterocycles. The van der Waals surface area contributed by atoms with E-state index < -0.39 is 0 Å². The molecule has 0 N–H and O–H groups in total. The molecule has 0 spiro atoms. The molecule has 102 valence electrons. The maximum absolute atomic E-state index is 12.1. The zero-order chi connectivity index (χ0) is 14.0. The summed E-state index contributed by atoms with van der Waals surface area (Å²) in [6, 6.07) is 1.85. The van der Waals surface area contributed by atoms with E-state index in [2.05, 4.69) is 9.97 Å². The minimum absolute atomic E-state index is 0.0391. The first-order valence-electron chi connectivity index (χ1n) is 6.22. The van der Waals surface area contributed by atoms with Gasteiger partial charge in [0.15, 0.2) is 0 Å². The van der Waals surface area contributed by atoms with Crippen molar-refractivity contribution in [3.63, 3.8) is 0 Å². The lowest BCUT2D eigenvalue weighted by Gasteiger charge is -2.16. The second-order valence-electron chi connectivity index (χ2n) is 4.44. The van der Waals surface area contributed by atoms with Gasteiger partial charge in [-0.1, -0.05) is 0 Å². The van der Waals surface area contributed by atoms with Crippen LogP contribution in [0.3, 0.4) is 0 Å². The van der Waals surface area contributed by atoms with Crippen LogP contribution in [-0.4, -0.2) is 38.9 Å². The average Bonchev–Trinajstić information content (AvgIpc) is 2.77. The van der Waals surface area contributed by atoms with Gasteiger partial charge in [-0.2, -0.15) is 0 Å². The first-order valence-corrected chi connectivity index (χ1v) is 6.66. The molecule has 0 radical (unpaired) electrons. The summed E-state index contributed by atoms with van der Waals surface area (Å²) in [6.45, 7) is 4.72. The van der Waals surface area contributed by atoms with Crippen LogP contribution in [0.4, 0.5) is 0 Å². The minimum Gasteiger partial charge on any atom is -0.344 e. The van der Waals surface area contributed by atoms with E-state index in [0.717, 1.165) is 11.0 Å². The summed E-state index contributed by atoms with van der Waals surface area (Å²) >= 11 is 6.15. The predicted octanol–water partition coefficient (Wildman–Crippen LogP) is 2.21. The van der Waals surface area contributed by atoms with Gasteiger partial charge in [0.05, 0.1) is 17.1 Å². The molecule has 0 fully saturated rings. The lowest BCUT2D eigenvalue weighted by Crippen LogP contribution is -2.30. The van der Waals surface area contributed by atoms with Crippen LogP contribution in [0.25, 0.3) is 11.0 Å². The fraction of sp³-hybridized carbons (Fsp3) is 0.462. The number of hydrogen-bond donors (Lipinski definition) is 0. The molecule has 1 unspecified atom stereocenters. The van der Waals surface area contributed by atoms with E-state index in [0.29, 0.717) is 12.4 Å². The fourth-order valence-electron chi connectivity index (χ4n) is 1.90. The molecule has 0 aliphatic carbocycles. The molecular formula is C13H17ClN4O. The van der Waals surface area contributed by atoms with Gasteiger partial charge in [0.2, 0.25) is 5.91 Å². The highest BCUT2D eigenvalue weighted by Gasteiger charge is 2.18. The van der Waals surface area contributed by atoms with Crippen molar-refractivity contribution in [3.05, 3.63) is 24.3 Å². The van der Waals surface area contributed by atoms with E-state index >= 15 is 0 Å². The molecule has 2 rings (SSSR count). The number of imidazole rings is 1. The SMILES string of the molecule is CCN(C)C(=O)Cn1c(C(C)Cl)nc2cnccc21. The smallest absolute Gasteiger partial charge is 0.242 e. The van der Waals surface area contributed by atoms with Gasteiger partial charge >= 0.3 is 0 Å². The van der Waals surface area contributed by atoms with Gasteiger partial charge in [-0.25, -0.2) is 4.98 Å². The summed E-state index contributed by atoms with van der Waals surface area (Å²) in [5.74, 6) is 0.736. The first kappa shape index (κ1) is 13.8. The number of amides is 1. The van der Waals surface area contributed by atoms with E-state index in [1.54, 1.807) is 24.3 Å². The number of aromatic nitrogens is 3. The van der Waals surface area contributed by atoms with E-state index in [1.807, 2.05) is 24.5 Å². The van der Waals surface area contributed by atoms with Crippen LogP contribution in [-0.2, 0) is 11.3 Å². The maximum Gasteiger partial charge on any atom is 0.242 e. The van der Waals surface area contributed by atoms with Crippen molar-refractivity contribution < 1.29 is 4.79 Å². The number of halogens is 1. The van der Waals surface area contributed by atoms with Gasteiger partial charge in [0.1, 0.15) is 17.9 Å². The van der Waals surface area contributed by atoms with Crippen molar-refractivity contribution >= 4 is 28.5 Å². The summed E-state index contributed by atoms with van der Waals surface area (Å²) in [5.41, 5.74) is 1.65. The summed E-state index contributed by atoms with van der Waals surface area (Å²) in [5, 5.41) is -0.257. The summed E-state index contributed by atoms with van der Waals surface area (Å²) < 4.78 is 1.86. The maximum atomic E-state index is 12.1. The highest BCUT2D eigenvalue weighted by Crippen LogP contribution is 2.23. The van der Waals surface area contributed by atoms with Crippen LogP contribution < -0.4 is 0 Å². The molecule has 5 nitrogen and oxygen atoms in total. The number of nitrogens with zero attached hydrogens (tertiary/aromatic N) is 4. The Labute approximate surface area is 117 Å². The van der Waals surface area contributed by atoms with Crippen LogP contribution in [0.15, 0.2) is 18.5 Å². The molecule has 2 aromatic rings. The van der Waals surface area contributed by atoms with Crippen LogP contribution in [0, 0.1) is 0 Å².